The molecule has 140 valence electrons. The van der Waals surface area contributed by atoms with Gasteiger partial charge in [-0.2, -0.15) is 11.3 Å². The lowest BCUT2D eigenvalue weighted by atomic mass is 9.86. The van der Waals surface area contributed by atoms with Crippen molar-refractivity contribution >= 4 is 17.0 Å². The van der Waals surface area contributed by atoms with Crippen LogP contribution in [0.25, 0.3) is 0 Å². The zero-order chi connectivity index (χ0) is 17.8. The molecule has 2 aliphatic heterocycles. The minimum Gasteiger partial charge on any atom is -0.364 e. The molecule has 0 unspecified atom stereocenters. The Bertz CT molecular complexity index is 656. The van der Waals surface area contributed by atoms with Crippen LogP contribution in [0.5, 0.6) is 0 Å². The van der Waals surface area contributed by atoms with Gasteiger partial charge in [-0.05, 0) is 80.2 Å². The van der Waals surface area contributed by atoms with Crippen molar-refractivity contribution < 1.29 is 0 Å². The Labute approximate surface area is 162 Å². The van der Waals surface area contributed by atoms with Crippen LogP contribution in [0.1, 0.15) is 38.2 Å². The van der Waals surface area contributed by atoms with Gasteiger partial charge >= 0.3 is 0 Å². The quantitative estimate of drug-likeness (QED) is 0.845. The summed E-state index contributed by atoms with van der Waals surface area (Å²) < 4.78 is 0. The van der Waals surface area contributed by atoms with Crippen molar-refractivity contribution in [3.63, 3.8) is 0 Å². The first-order valence-corrected chi connectivity index (χ1v) is 11.0. The average Bonchev–Trinajstić information content (AvgIpc) is 3.21. The van der Waals surface area contributed by atoms with Crippen LogP contribution in [-0.2, 0) is 6.54 Å². The Kier molecular flexibility index (Phi) is 5.63. The molecule has 1 aromatic heterocycles. The summed E-state index contributed by atoms with van der Waals surface area (Å²) in [6, 6.07) is 13.9. The maximum atomic E-state index is 3.52. The second kappa shape index (κ2) is 8.12. The van der Waals surface area contributed by atoms with Gasteiger partial charge in [0, 0.05) is 36.9 Å². The molecule has 0 atom stereocenters. The van der Waals surface area contributed by atoms with Crippen molar-refractivity contribution in [1.82, 2.24) is 10.2 Å². The largest absolute Gasteiger partial charge is 0.364 e. The van der Waals surface area contributed by atoms with Crippen molar-refractivity contribution in [3.05, 3.63) is 52.7 Å². The minimum atomic E-state index is 0.404. The summed E-state index contributed by atoms with van der Waals surface area (Å²) in [5, 5.41) is 8.00. The summed E-state index contributed by atoms with van der Waals surface area (Å²) in [5.74, 6) is 0. The van der Waals surface area contributed by atoms with Crippen LogP contribution in [0.3, 0.4) is 0 Å². The van der Waals surface area contributed by atoms with E-state index in [1.807, 2.05) is 0 Å². The molecule has 1 N–H and O–H groups in total. The first kappa shape index (κ1) is 18.0. The molecule has 0 radical (unpaired) electrons. The van der Waals surface area contributed by atoms with Crippen LogP contribution in [0, 0.1) is 0 Å². The van der Waals surface area contributed by atoms with E-state index in [0.29, 0.717) is 11.6 Å². The number of nitrogens with one attached hydrogen (secondary N) is 1. The van der Waals surface area contributed by atoms with Crippen molar-refractivity contribution in [1.29, 1.82) is 0 Å². The highest BCUT2D eigenvalue weighted by Crippen LogP contribution is 2.32. The van der Waals surface area contributed by atoms with E-state index >= 15 is 0 Å². The molecule has 2 fully saturated rings. The molecule has 3 nitrogen and oxygen atoms in total. The van der Waals surface area contributed by atoms with Gasteiger partial charge in [-0.1, -0.05) is 18.2 Å². The van der Waals surface area contributed by atoms with Crippen molar-refractivity contribution in [3.8, 4) is 0 Å². The van der Waals surface area contributed by atoms with Crippen LogP contribution in [0.4, 0.5) is 5.69 Å². The van der Waals surface area contributed by atoms with Gasteiger partial charge in [0.05, 0.1) is 0 Å². The number of piperidine rings is 2. The molecular formula is C22H31N3S. The van der Waals surface area contributed by atoms with Gasteiger partial charge in [0.2, 0.25) is 0 Å². The zero-order valence-electron chi connectivity index (χ0n) is 15.9. The van der Waals surface area contributed by atoms with Gasteiger partial charge in [0.15, 0.2) is 0 Å². The summed E-state index contributed by atoms with van der Waals surface area (Å²) in [6.07, 6.45) is 5.11. The van der Waals surface area contributed by atoms with Crippen LogP contribution < -0.4 is 10.2 Å². The monoisotopic (exact) mass is 369 g/mol. The van der Waals surface area contributed by atoms with Crippen LogP contribution >= 0.6 is 11.3 Å². The lowest BCUT2D eigenvalue weighted by Gasteiger charge is -2.49. The third-order valence-electron chi connectivity index (χ3n) is 6.37. The highest BCUT2D eigenvalue weighted by atomic mass is 32.1. The number of likely N-dealkylation sites (tertiary alicyclic amines) is 1. The van der Waals surface area contributed by atoms with Gasteiger partial charge in [-0.15, -0.1) is 0 Å². The number of para-hydroxylation sites is 1. The van der Waals surface area contributed by atoms with Gasteiger partial charge in [0.1, 0.15) is 0 Å². The summed E-state index contributed by atoms with van der Waals surface area (Å²) >= 11 is 1.80. The van der Waals surface area contributed by atoms with Gasteiger partial charge in [-0.25, -0.2) is 0 Å². The van der Waals surface area contributed by atoms with Gasteiger partial charge < -0.3 is 10.2 Å². The van der Waals surface area contributed by atoms with Crippen molar-refractivity contribution in [2.75, 3.05) is 31.1 Å². The lowest BCUT2D eigenvalue weighted by molar-refractivity contribution is 0.0482. The molecule has 4 rings (SSSR count). The summed E-state index contributed by atoms with van der Waals surface area (Å²) in [4.78, 5) is 5.42. The molecule has 2 saturated heterocycles. The topological polar surface area (TPSA) is 18.5 Å². The number of nitrogens with zero attached hydrogens (tertiary/aromatic N) is 2. The number of anilines is 1. The molecule has 0 spiro atoms. The van der Waals surface area contributed by atoms with Gasteiger partial charge in [0.25, 0.3) is 0 Å². The molecular weight excluding hydrogens is 338 g/mol. The van der Waals surface area contributed by atoms with E-state index in [1.165, 1.54) is 63.1 Å². The maximum absolute atomic E-state index is 3.52. The number of rotatable bonds is 5. The summed E-state index contributed by atoms with van der Waals surface area (Å²) in [5.41, 5.74) is 3.21. The molecule has 0 amide bonds. The molecule has 2 aromatic rings. The Balaban J connectivity index is 1.45. The molecule has 26 heavy (non-hydrogen) atoms. The maximum Gasteiger partial charge on any atom is 0.0440 e. The fraction of sp³-hybridized carbons (Fsp3) is 0.545. The van der Waals surface area contributed by atoms with E-state index in [9.17, 15) is 0 Å². The molecule has 2 aliphatic rings. The third-order valence-corrected chi connectivity index (χ3v) is 7.10. The first-order chi connectivity index (χ1) is 12.7. The Morgan fingerprint density at radius 2 is 1.85 bits per heavy atom. The summed E-state index contributed by atoms with van der Waals surface area (Å²) in [6.45, 7) is 8.31. The lowest BCUT2D eigenvalue weighted by Crippen LogP contribution is -2.57. The van der Waals surface area contributed by atoms with Crippen LogP contribution in [0.2, 0.25) is 0 Å². The van der Waals surface area contributed by atoms with E-state index in [2.05, 4.69) is 69.2 Å². The second-order valence-electron chi connectivity index (χ2n) is 8.06. The number of hydrogen-bond acceptors (Lipinski definition) is 4. The Morgan fingerprint density at radius 3 is 2.50 bits per heavy atom. The molecule has 0 aliphatic carbocycles. The van der Waals surface area contributed by atoms with Crippen molar-refractivity contribution in [2.45, 2.75) is 50.7 Å². The minimum absolute atomic E-state index is 0.404. The smallest absolute Gasteiger partial charge is 0.0440 e. The highest BCUT2D eigenvalue weighted by Gasteiger charge is 2.36. The molecule has 0 bridgehead atoms. The van der Waals surface area contributed by atoms with Crippen LogP contribution in [-0.4, -0.2) is 42.7 Å². The third kappa shape index (κ3) is 3.98. The highest BCUT2D eigenvalue weighted by molar-refractivity contribution is 7.07. The normalized spacial score (nSPS) is 21.6. The first-order valence-electron chi connectivity index (χ1n) is 10.0. The predicted molar refractivity (Wildman–Crippen MR) is 112 cm³/mol. The average molecular weight is 370 g/mol. The van der Waals surface area contributed by atoms with E-state index in [4.69, 9.17) is 0 Å². The molecule has 0 saturated carbocycles. The molecule has 1 aromatic carbocycles. The fourth-order valence-electron chi connectivity index (χ4n) is 4.63. The zero-order valence-corrected chi connectivity index (χ0v) is 16.7. The van der Waals surface area contributed by atoms with E-state index in [0.717, 1.165) is 6.54 Å². The standard InChI is InChI=1S/C22H31N3S/c1-22(10-12-23-13-11-22)24-14-7-21(8-15-24)25(17-19-9-16-26-18-19)20-5-3-2-4-6-20/h2-6,9,16,18,21,23H,7-8,10-15,17H2,1H3. The second-order valence-corrected chi connectivity index (χ2v) is 8.84. The molecule has 4 heteroatoms. The number of benzene rings is 1. The summed E-state index contributed by atoms with van der Waals surface area (Å²) in [7, 11) is 0. The SMILES string of the molecule is CC1(N2CCC(N(Cc3ccsc3)c3ccccc3)CC2)CCNCC1. The fourth-order valence-corrected chi connectivity index (χ4v) is 5.29. The van der Waals surface area contributed by atoms with Crippen molar-refractivity contribution in [2.24, 2.45) is 0 Å². The van der Waals surface area contributed by atoms with E-state index in [1.54, 1.807) is 11.3 Å². The van der Waals surface area contributed by atoms with E-state index in [-0.39, 0.29) is 0 Å². The van der Waals surface area contributed by atoms with Gasteiger partial charge in [-0.3, -0.25) is 4.90 Å². The Morgan fingerprint density at radius 1 is 1.12 bits per heavy atom. The predicted octanol–water partition coefficient (Wildman–Crippen LogP) is 4.36. The number of hydrogen-bond donors (Lipinski definition) is 1. The molecule has 3 heterocycles. The van der Waals surface area contributed by atoms with Crippen LogP contribution in [0.15, 0.2) is 47.2 Å². The number of thiophene rings is 1. The Hall–Kier alpha value is -1.36. The van der Waals surface area contributed by atoms with E-state index < -0.39 is 0 Å².